The van der Waals surface area contributed by atoms with Crippen LogP contribution in [0.4, 0.5) is 5.69 Å². The van der Waals surface area contributed by atoms with Crippen molar-refractivity contribution in [2.75, 3.05) is 37.6 Å². The zero-order valence-electron chi connectivity index (χ0n) is 20.5. The van der Waals surface area contributed by atoms with Crippen LogP contribution in [0.25, 0.3) is 11.1 Å². The van der Waals surface area contributed by atoms with E-state index < -0.39 is 0 Å². The minimum atomic E-state index is 0.524. The number of nitrogens with zero attached hydrogens (tertiary/aromatic N) is 2. The fraction of sp³-hybridized carbons (Fsp3) is 0.375. The van der Waals surface area contributed by atoms with Crippen molar-refractivity contribution in [3.05, 3.63) is 101 Å². The lowest BCUT2D eigenvalue weighted by atomic mass is 9.73. The highest BCUT2D eigenvalue weighted by molar-refractivity contribution is 6.00. The summed E-state index contributed by atoms with van der Waals surface area (Å²) in [7, 11) is 0. The summed E-state index contributed by atoms with van der Waals surface area (Å²) in [6.45, 7) is 8.48. The zero-order valence-corrected chi connectivity index (χ0v) is 20.5. The van der Waals surface area contributed by atoms with E-state index in [0.717, 1.165) is 12.8 Å². The Hall–Kier alpha value is -2.84. The highest BCUT2D eigenvalue weighted by atomic mass is 15.3. The van der Waals surface area contributed by atoms with Gasteiger partial charge in [-0.1, -0.05) is 73.7 Å². The second-order valence-corrected chi connectivity index (χ2v) is 10.6. The van der Waals surface area contributed by atoms with Crippen LogP contribution in [-0.2, 0) is 6.42 Å². The van der Waals surface area contributed by atoms with Crippen molar-refractivity contribution < 1.29 is 0 Å². The molecule has 174 valence electrons. The van der Waals surface area contributed by atoms with E-state index in [4.69, 9.17) is 0 Å². The van der Waals surface area contributed by atoms with Crippen LogP contribution in [0.2, 0.25) is 0 Å². The van der Waals surface area contributed by atoms with Crippen molar-refractivity contribution in [3.8, 4) is 0 Å². The maximum atomic E-state index is 2.64. The van der Waals surface area contributed by atoms with E-state index in [2.05, 4.69) is 95.6 Å². The summed E-state index contributed by atoms with van der Waals surface area (Å²) < 4.78 is 0. The Bertz CT molecular complexity index is 1170. The number of piperidine rings is 1. The molecule has 0 radical (unpaired) electrons. The third-order valence-corrected chi connectivity index (χ3v) is 8.34. The molecule has 0 atom stereocenters. The highest BCUT2D eigenvalue weighted by Gasteiger charge is 2.45. The molecular formula is C32H36N2. The van der Waals surface area contributed by atoms with Gasteiger partial charge in [0.2, 0.25) is 0 Å². The van der Waals surface area contributed by atoms with E-state index in [0.29, 0.717) is 5.41 Å². The Morgan fingerprint density at radius 2 is 1.50 bits per heavy atom. The van der Waals surface area contributed by atoms with Crippen LogP contribution in [-0.4, -0.2) is 37.6 Å². The van der Waals surface area contributed by atoms with E-state index in [-0.39, 0.29) is 0 Å². The normalized spacial score (nSPS) is 20.1. The molecular weight excluding hydrogens is 412 g/mol. The Kier molecular flexibility index (Phi) is 5.79. The number of hydrogen-bond donors (Lipinski definition) is 0. The molecule has 0 saturated carbocycles. The molecule has 3 aromatic carbocycles. The summed E-state index contributed by atoms with van der Waals surface area (Å²) in [6, 6.07) is 29.5. The molecule has 2 saturated heterocycles. The Balaban J connectivity index is 1.32. The predicted octanol–water partition coefficient (Wildman–Crippen LogP) is 6.90. The number of fused-ring (bicyclic) bond motifs is 1. The number of allylic oxidation sites excluding steroid dienone is 1. The third kappa shape index (κ3) is 3.99. The predicted molar refractivity (Wildman–Crippen MR) is 144 cm³/mol. The number of likely N-dealkylation sites (tertiary alicyclic amines) is 1. The lowest BCUT2D eigenvalue weighted by Crippen LogP contribution is -2.63. The van der Waals surface area contributed by atoms with Crippen LogP contribution >= 0.6 is 0 Å². The van der Waals surface area contributed by atoms with Crippen molar-refractivity contribution >= 4 is 16.8 Å². The monoisotopic (exact) mass is 448 g/mol. The summed E-state index contributed by atoms with van der Waals surface area (Å²) >= 11 is 0. The van der Waals surface area contributed by atoms with Gasteiger partial charge in [0.25, 0.3) is 0 Å². The zero-order chi connectivity index (χ0) is 23.0. The van der Waals surface area contributed by atoms with Crippen molar-refractivity contribution in [2.45, 2.75) is 39.0 Å². The van der Waals surface area contributed by atoms with Gasteiger partial charge in [-0.15, -0.1) is 0 Å². The van der Waals surface area contributed by atoms with Crippen LogP contribution in [0.5, 0.6) is 0 Å². The molecule has 0 unspecified atom stereocenters. The van der Waals surface area contributed by atoms with Crippen LogP contribution in [0.1, 0.15) is 54.9 Å². The standard InChI is InChI=1S/C32H36N2/c1-2-33-21-9-20-32(22-33)23-34(24-32)28-18-16-27(17-19-28)31-29-14-7-6-12-26(29)13-8-15-30(31)25-10-4-3-5-11-25/h3-7,10-12,14,16-19H,2,8-9,13,15,20-24H2,1H3. The van der Waals surface area contributed by atoms with E-state index in [9.17, 15) is 0 Å². The second-order valence-electron chi connectivity index (χ2n) is 10.6. The molecule has 2 heteroatoms. The Morgan fingerprint density at radius 3 is 2.29 bits per heavy atom. The molecule has 0 aromatic heterocycles. The molecule has 0 amide bonds. The average Bonchev–Trinajstić information content (AvgIpc) is 3.08. The minimum Gasteiger partial charge on any atom is -0.370 e. The minimum absolute atomic E-state index is 0.524. The smallest absolute Gasteiger partial charge is 0.0367 e. The summed E-state index contributed by atoms with van der Waals surface area (Å²) in [4.78, 5) is 5.24. The van der Waals surface area contributed by atoms with Crippen LogP contribution in [0.15, 0.2) is 78.9 Å². The first-order valence-electron chi connectivity index (χ1n) is 13.2. The van der Waals surface area contributed by atoms with E-state index >= 15 is 0 Å². The van der Waals surface area contributed by atoms with Gasteiger partial charge in [-0.3, -0.25) is 0 Å². The van der Waals surface area contributed by atoms with Crippen LogP contribution in [0.3, 0.4) is 0 Å². The number of aryl methyl sites for hydroxylation is 1. The molecule has 2 heterocycles. The number of rotatable bonds is 4. The topological polar surface area (TPSA) is 6.48 Å². The maximum absolute atomic E-state index is 2.64. The van der Waals surface area contributed by atoms with Crippen LogP contribution in [0, 0.1) is 5.41 Å². The first-order valence-corrected chi connectivity index (χ1v) is 13.2. The van der Waals surface area contributed by atoms with Gasteiger partial charge in [0.05, 0.1) is 0 Å². The molecule has 3 aliphatic rings. The number of benzene rings is 3. The van der Waals surface area contributed by atoms with Crippen molar-refractivity contribution in [1.82, 2.24) is 4.90 Å². The first kappa shape index (κ1) is 21.7. The molecule has 1 spiro atoms. The second kappa shape index (κ2) is 9.07. The number of anilines is 1. The molecule has 1 aliphatic carbocycles. The van der Waals surface area contributed by atoms with Crippen LogP contribution < -0.4 is 4.90 Å². The molecule has 0 N–H and O–H groups in total. The van der Waals surface area contributed by atoms with Gasteiger partial charge in [-0.25, -0.2) is 0 Å². The van der Waals surface area contributed by atoms with Gasteiger partial charge in [0, 0.05) is 30.7 Å². The van der Waals surface area contributed by atoms with Gasteiger partial charge >= 0.3 is 0 Å². The fourth-order valence-corrected chi connectivity index (χ4v) is 6.61. The quantitative estimate of drug-likeness (QED) is 0.428. The Morgan fingerprint density at radius 1 is 0.735 bits per heavy atom. The third-order valence-electron chi connectivity index (χ3n) is 8.34. The highest BCUT2D eigenvalue weighted by Crippen LogP contribution is 2.43. The average molecular weight is 449 g/mol. The van der Waals surface area contributed by atoms with Gasteiger partial charge in [-0.2, -0.15) is 0 Å². The number of hydrogen-bond acceptors (Lipinski definition) is 2. The largest absolute Gasteiger partial charge is 0.370 e. The Labute approximate surface area is 204 Å². The van der Waals surface area contributed by atoms with Gasteiger partial charge in [0.1, 0.15) is 0 Å². The lowest BCUT2D eigenvalue weighted by Gasteiger charge is -2.55. The summed E-state index contributed by atoms with van der Waals surface area (Å²) in [5, 5.41) is 0. The van der Waals surface area contributed by atoms with E-state index in [1.165, 1.54) is 91.1 Å². The molecule has 0 bridgehead atoms. The van der Waals surface area contributed by atoms with Gasteiger partial charge in [-0.05, 0) is 90.7 Å². The van der Waals surface area contributed by atoms with Crippen molar-refractivity contribution in [1.29, 1.82) is 0 Å². The molecule has 6 rings (SSSR count). The fourth-order valence-electron chi connectivity index (χ4n) is 6.61. The molecule has 3 aromatic rings. The van der Waals surface area contributed by atoms with Crippen molar-refractivity contribution in [3.63, 3.8) is 0 Å². The first-order chi connectivity index (χ1) is 16.7. The van der Waals surface area contributed by atoms with Crippen molar-refractivity contribution in [2.24, 2.45) is 5.41 Å². The maximum Gasteiger partial charge on any atom is 0.0367 e. The molecule has 2 nitrogen and oxygen atoms in total. The molecule has 34 heavy (non-hydrogen) atoms. The summed E-state index contributed by atoms with van der Waals surface area (Å²) in [5.74, 6) is 0. The van der Waals surface area contributed by atoms with E-state index in [1.807, 2.05) is 0 Å². The molecule has 2 fully saturated rings. The van der Waals surface area contributed by atoms with Gasteiger partial charge in [0.15, 0.2) is 0 Å². The summed E-state index contributed by atoms with van der Waals surface area (Å²) in [5.41, 5.74) is 10.4. The van der Waals surface area contributed by atoms with E-state index in [1.54, 1.807) is 0 Å². The van der Waals surface area contributed by atoms with Gasteiger partial charge < -0.3 is 9.80 Å². The SMILES string of the molecule is CCN1CCCC2(C1)CN(c1ccc(C3=C(c4ccccc4)CCCc4ccccc43)cc1)C2. The lowest BCUT2D eigenvalue weighted by molar-refractivity contribution is 0.0653. The molecule has 2 aliphatic heterocycles. The summed E-state index contributed by atoms with van der Waals surface area (Å²) in [6.07, 6.45) is 6.23.